The Morgan fingerprint density at radius 3 is 2.28 bits per heavy atom. The molecule has 1 atom stereocenters. The highest BCUT2D eigenvalue weighted by Gasteiger charge is 2.21. The molecular weight excluding hydrogens is 232 g/mol. The van der Waals surface area contributed by atoms with Gasteiger partial charge in [0.1, 0.15) is 0 Å². The number of carboxylic acids is 1. The molecule has 0 aromatic rings. The maximum atomic E-state index is 10.4. The second-order valence-electron chi connectivity index (χ2n) is 5.42. The van der Waals surface area contributed by atoms with Crippen LogP contribution in [0.15, 0.2) is 0 Å². The summed E-state index contributed by atoms with van der Waals surface area (Å²) in [5.41, 5.74) is 0. The van der Waals surface area contributed by atoms with E-state index in [-0.39, 0.29) is 5.91 Å². The summed E-state index contributed by atoms with van der Waals surface area (Å²) in [5.74, 6) is -1.40. The van der Waals surface area contributed by atoms with Gasteiger partial charge >= 0.3 is 0 Å². The van der Waals surface area contributed by atoms with Crippen LogP contribution in [0.1, 0.15) is 39.0 Å². The van der Waals surface area contributed by atoms with E-state index in [1.807, 2.05) is 0 Å². The number of carboxylic acid groups (broad SMARTS) is 1. The second kappa shape index (κ2) is 6.73. The van der Waals surface area contributed by atoms with Gasteiger partial charge in [0.25, 0.3) is 0 Å². The van der Waals surface area contributed by atoms with Gasteiger partial charge in [-0.1, -0.05) is 0 Å². The first-order valence-corrected chi connectivity index (χ1v) is 6.80. The maximum Gasteiger partial charge on any atom is 0.220 e. The number of likely N-dealkylation sites (tertiary alicyclic amines) is 1. The summed E-state index contributed by atoms with van der Waals surface area (Å²) in [6, 6.07) is -0.752. The summed E-state index contributed by atoms with van der Waals surface area (Å²) in [7, 11) is 2.37. The van der Waals surface area contributed by atoms with Crippen LogP contribution in [0.2, 0.25) is 0 Å². The number of amides is 1. The van der Waals surface area contributed by atoms with E-state index >= 15 is 0 Å². The molecule has 1 N–H and O–H groups in total. The van der Waals surface area contributed by atoms with Crippen LogP contribution in [0.25, 0.3) is 0 Å². The van der Waals surface area contributed by atoms with Gasteiger partial charge in [-0.05, 0) is 32.6 Å². The fourth-order valence-corrected chi connectivity index (χ4v) is 2.38. The van der Waals surface area contributed by atoms with Crippen LogP contribution in [0.5, 0.6) is 0 Å². The van der Waals surface area contributed by atoms with Gasteiger partial charge in [0, 0.05) is 6.42 Å². The van der Waals surface area contributed by atoms with Gasteiger partial charge in [0.15, 0.2) is 0 Å². The molecule has 2 saturated heterocycles. The minimum absolute atomic E-state index is 0.204. The van der Waals surface area contributed by atoms with Crippen LogP contribution in [-0.2, 0) is 9.59 Å². The molecule has 2 heterocycles. The van der Waals surface area contributed by atoms with Crippen molar-refractivity contribution < 1.29 is 19.2 Å². The van der Waals surface area contributed by atoms with E-state index in [9.17, 15) is 14.7 Å². The molecule has 2 aliphatic rings. The van der Waals surface area contributed by atoms with Crippen molar-refractivity contribution in [1.82, 2.24) is 5.32 Å². The molecule has 18 heavy (non-hydrogen) atoms. The third kappa shape index (κ3) is 4.64. The summed E-state index contributed by atoms with van der Waals surface area (Å²) < 4.78 is 1.32. The summed E-state index contributed by atoms with van der Waals surface area (Å²) in [4.78, 5) is 20.4. The lowest BCUT2D eigenvalue weighted by atomic mass is 10.1. The first-order valence-electron chi connectivity index (χ1n) is 6.80. The van der Waals surface area contributed by atoms with Crippen molar-refractivity contribution in [3.63, 3.8) is 0 Å². The van der Waals surface area contributed by atoms with Crippen LogP contribution in [0.4, 0.5) is 0 Å². The molecule has 1 unspecified atom stereocenters. The largest absolute Gasteiger partial charge is 0.548 e. The first kappa shape index (κ1) is 15.0. The highest BCUT2D eigenvalue weighted by atomic mass is 16.4. The highest BCUT2D eigenvalue weighted by Crippen LogP contribution is 2.14. The summed E-state index contributed by atoms with van der Waals surface area (Å²) in [6.45, 7) is 6.44. The highest BCUT2D eigenvalue weighted by molar-refractivity contribution is 5.86. The number of aliphatic carboxylic acids is 1. The van der Waals surface area contributed by atoms with Crippen molar-refractivity contribution in [3.05, 3.63) is 0 Å². The Morgan fingerprint density at radius 2 is 2.00 bits per heavy atom. The SMILES string of the molecule is CC[N+]1(C)CCCCC1.O=C1CCC(C(=O)[O-])N1. The van der Waals surface area contributed by atoms with Gasteiger partial charge in [0.05, 0.1) is 38.7 Å². The lowest BCUT2D eigenvalue weighted by Crippen LogP contribution is -2.47. The lowest BCUT2D eigenvalue weighted by Gasteiger charge is -2.36. The molecule has 5 nitrogen and oxygen atoms in total. The van der Waals surface area contributed by atoms with Crippen molar-refractivity contribution in [2.45, 2.75) is 45.1 Å². The summed E-state index contributed by atoms with van der Waals surface area (Å²) in [6.07, 6.45) is 5.03. The number of piperidine rings is 1. The Morgan fingerprint density at radius 1 is 1.39 bits per heavy atom. The molecule has 0 saturated carbocycles. The Kier molecular flexibility index (Phi) is 5.59. The molecule has 0 aromatic carbocycles. The van der Waals surface area contributed by atoms with E-state index in [1.165, 1.54) is 43.4 Å². The second-order valence-corrected chi connectivity index (χ2v) is 5.42. The molecule has 1 amide bonds. The number of quaternary nitrogens is 1. The first-order chi connectivity index (χ1) is 8.47. The van der Waals surface area contributed by atoms with Crippen molar-refractivity contribution in [2.75, 3.05) is 26.7 Å². The molecule has 5 heteroatoms. The molecule has 0 aliphatic carbocycles. The minimum atomic E-state index is -1.19. The standard InChI is InChI=1S/C8H18N.C5H7NO3/c1-3-9(2)7-5-4-6-8-9;7-4-2-1-3(6-4)5(8)9/h3-8H2,1-2H3;3H,1-2H2,(H,6,7)(H,8,9)/q+1;/p-1. The van der Waals surface area contributed by atoms with Crippen LogP contribution >= 0.6 is 0 Å². The number of hydrogen-bond acceptors (Lipinski definition) is 3. The van der Waals surface area contributed by atoms with Crippen molar-refractivity contribution >= 4 is 11.9 Å². The van der Waals surface area contributed by atoms with E-state index in [1.54, 1.807) is 0 Å². The predicted octanol–water partition coefficient (Wildman–Crippen LogP) is -0.348. The Hall–Kier alpha value is -1.10. The number of carbonyl (C=O) groups is 2. The molecule has 0 radical (unpaired) electrons. The molecule has 2 rings (SSSR count). The zero-order valence-electron chi connectivity index (χ0n) is 11.4. The van der Waals surface area contributed by atoms with Crippen LogP contribution in [-0.4, -0.2) is 49.1 Å². The molecule has 104 valence electrons. The maximum absolute atomic E-state index is 10.4. The van der Waals surface area contributed by atoms with Crippen LogP contribution in [0.3, 0.4) is 0 Å². The number of carbonyl (C=O) groups excluding carboxylic acids is 2. The molecule has 0 aromatic heterocycles. The smallest absolute Gasteiger partial charge is 0.220 e. The predicted molar refractivity (Wildman–Crippen MR) is 66.5 cm³/mol. The summed E-state index contributed by atoms with van der Waals surface area (Å²) >= 11 is 0. The molecule has 0 bridgehead atoms. The van der Waals surface area contributed by atoms with E-state index in [4.69, 9.17) is 0 Å². The van der Waals surface area contributed by atoms with Gasteiger partial charge in [-0.3, -0.25) is 4.79 Å². The van der Waals surface area contributed by atoms with Gasteiger partial charge in [-0.15, -0.1) is 0 Å². The minimum Gasteiger partial charge on any atom is -0.548 e. The van der Waals surface area contributed by atoms with Crippen molar-refractivity contribution in [1.29, 1.82) is 0 Å². The van der Waals surface area contributed by atoms with Crippen molar-refractivity contribution in [3.8, 4) is 0 Å². The molecular formula is C13H24N2O3. The summed E-state index contributed by atoms with van der Waals surface area (Å²) in [5, 5.41) is 12.3. The zero-order chi connectivity index (χ0) is 13.6. The van der Waals surface area contributed by atoms with Crippen molar-refractivity contribution in [2.24, 2.45) is 0 Å². The third-order valence-corrected chi connectivity index (χ3v) is 3.94. The molecule has 0 spiro atoms. The fraction of sp³-hybridized carbons (Fsp3) is 0.846. The number of rotatable bonds is 2. The monoisotopic (exact) mass is 256 g/mol. The van der Waals surface area contributed by atoms with E-state index < -0.39 is 12.0 Å². The average Bonchev–Trinajstić information content (AvgIpc) is 2.78. The van der Waals surface area contributed by atoms with E-state index in [2.05, 4.69) is 19.3 Å². The Labute approximate surface area is 109 Å². The van der Waals surface area contributed by atoms with Gasteiger partial charge in [0.2, 0.25) is 5.91 Å². The zero-order valence-corrected chi connectivity index (χ0v) is 11.4. The van der Waals surface area contributed by atoms with Crippen LogP contribution in [0, 0.1) is 0 Å². The number of nitrogens with one attached hydrogen (secondary N) is 1. The van der Waals surface area contributed by atoms with E-state index in [0.717, 1.165) is 0 Å². The number of nitrogens with zero attached hydrogens (tertiary/aromatic N) is 1. The van der Waals surface area contributed by atoms with Crippen LogP contribution < -0.4 is 10.4 Å². The molecule has 2 aliphatic heterocycles. The third-order valence-electron chi connectivity index (χ3n) is 3.94. The van der Waals surface area contributed by atoms with E-state index in [0.29, 0.717) is 12.8 Å². The van der Waals surface area contributed by atoms with Gasteiger partial charge < -0.3 is 19.7 Å². The lowest BCUT2D eigenvalue weighted by molar-refractivity contribution is -0.912. The topological polar surface area (TPSA) is 69.2 Å². The van der Waals surface area contributed by atoms with Gasteiger partial charge in [-0.2, -0.15) is 0 Å². The normalized spacial score (nSPS) is 25.9. The molecule has 2 fully saturated rings. The fourth-order valence-electron chi connectivity index (χ4n) is 2.38. The Balaban J connectivity index is 0.000000180. The quantitative estimate of drug-likeness (QED) is 0.687. The average molecular weight is 256 g/mol. The number of hydrogen-bond donors (Lipinski definition) is 1. The Bertz CT molecular complexity index is 299. The van der Waals surface area contributed by atoms with Gasteiger partial charge in [-0.25, -0.2) is 0 Å².